The Balaban J connectivity index is 2.17. The zero-order chi connectivity index (χ0) is 11.3. The van der Waals surface area contributed by atoms with E-state index in [0.717, 1.165) is 5.02 Å². The molecular formula is C13H15ClN2. The van der Waals surface area contributed by atoms with Gasteiger partial charge in [-0.1, -0.05) is 17.7 Å². The molecule has 2 nitrogen and oxygen atoms in total. The van der Waals surface area contributed by atoms with Crippen LogP contribution in [-0.4, -0.2) is 4.57 Å². The van der Waals surface area contributed by atoms with E-state index in [-0.39, 0.29) is 6.04 Å². The number of hydrogen-bond donors (Lipinski definition) is 1. The number of nitrogens with zero attached hydrogens (tertiary/aromatic N) is 1. The fourth-order valence-corrected chi connectivity index (χ4v) is 2.53. The third-order valence-electron chi connectivity index (χ3n) is 3.47. The standard InChI is InChI=1S/C13H15ClN2/c1-16-7-11(13(15)8-2-3-8)10-5-4-9(14)6-12(10)16/h4-8,13H,2-3,15H2,1H3. The molecule has 2 N–H and O–H groups in total. The predicted octanol–water partition coefficient (Wildman–Crippen LogP) is 3.24. The third kappa shape index (κ3) is 1.53. The van der Waals surface area contributed by atoms with Crippen LogP contribution in [0, 0.1) is 5.92 Å². The van der Waals surface area contributed by atoms with Crippen molar-refractivity contribution in [2.24, 2.45) is 18.7 Å². The van der Waals surface area contributed by atoms with Gasteiger partial charge in [0, 0.05) is 35.2 Å². The maximum absolute atomic E-state index is 6.27. The van der Waals surface area contributed by atoms with Crippen molar-refractivity contribution < 1.29 is 0 Å². The summed E-state index contributed by atoms with van der Waals surface area (Å²) in [5.41, 5.74) is 8.70. The number of halogens is 1. The first-order chi connectivity index (χ1) is 7.66. The van der Waals surface area contributed by atoms with Crippen molar-refractivity contribution in [3.8, 4) is 0 Å². The largest absolute Gasteiger partial charge is 0.350 e. The van der Waals surface area contributed by atoms with Gasteiger partial charge in [-0.15, -0.1) is 0 Å². The van der Waals surface area contributed by atoms with E-state index in [1.54, 1.807) is 0 Å². The summed E-state index contributed by atoms with van der Waals surface area (Å²) < 4.78 is 2.11. The molecule has 0 amide bonds. The Bertz CT molecular complexity index is 540. The van der Waals surface area contributed by atoms with Gasteiger partial charge in [0.1, 0.15) is 0 Å². The van der Waals surface area contributed by atoms with Crippen LogP contribution in [0.5, 0.6) is 0 Å². The van der Waals surface area contributed by atoms with Gasteiger partial charge >= 0.3 is 0 Å². The van der Waals surface area contributed by atoms with Crippen molar-refractivity contribution >= 4 is 22.5 Å². The Morgan fingerprint density at radius 3 is 2.88 bits per heavy atom. The average Bonchev–Trinajstić information content (AvgIpc) is 3.05. The highest BCUT2D eigenvalue weighted by Crippen LogP contribution is 2.41. The van der Waals surface area contributed by atoms with Gasteiger partial charge in [-0.05, 0) is 36.5 Å². The molecule has 0 bridgehead atoms. The minimum absolute atomic E-state index is 0.185. The van der Waals surface area contributed by atoms with E-state index in [2.05, 4.69) is 16.8 Å². The van der Waals surface area contributed by atoms with Gasteiger partial charge in [-0.3, -0.25) is 0 Å². The lowest BCUT2D eigenvalue weighted by Crippen LogP contribution is -2.11. The molecule has 1 atom stereocenters. The smallest absolute Gasteiger partial charge is 0.0496 e. The summed E-state index contributed by atoms with van der Waals surface area (Å²) in [5, 5.41) is 2.02. The molecule has 1 unspecified atom stereocenters. The number of aryl methyl sites for hydroxylation is 1. The summed E-state index contributed by atoms with van der Waals surface area (Å²) in [6.07, 6.45) is 4.68. The van der Waals surface area contributed by atoms with Crippen molar-refractivity contribution in [2.75, 3.05) is 0 Å². The molecule has 3 heteroatoms. The Morgan fingerprint density at radius 1 is 1.44 bits per heavy atom. The van der Waals surface area contributed by atoms with E-state index in [1.165, 1.54) is 29.3 Å². The van der Waals surface area contributed by atoms with E-state index in [9.17, 15) is 0 Å². The van der Waals surface area contributed by atoms with Gasteiger partial charge < -0.3 is 10.3 Å². The average molecular weight is 235 g/mol. The number of fused-ring (bicyclic) bond motifs is 1. The first-order valence-corrected chi connectivity index (χ1v) is 6.04. The highest BCUT2D eigenvalue weighted by molar-refractivity contribution is 6.31. The van der Waals surface area contributed by atoms with E-state index >= 15 is 0 Å². The van der Waals surface area contributed by atoms with E-state index in [1.807, 2.05) is 19.2 Å². The predicted molar refractivity (Wildman–Crippen MR) is 67.6 cm³/mol. The molecule has 16 heavy (non-hydrogen) atoms. The van der Waals surface area contributed by atoms with Gasteiger partial charge in [0.25, 0.3) is 0 Å². The minimum atomic E-state index is 0.185. The first kappa shape index (κ1) is 10.2. The lowest BCUT2D eigenvalue weighted by Gasteiger charge is -2.08. The molecule has 3 rings (SSSR count). The molecule has 1 saturated carbocycles. The zero-order valence-corrected chi connectivity index (χ0v) is 10.0. The molecule has 0 aliphatic heterocycles. The number of rotatable bonds is 2. The Morgan fingerprint density at radius 2 is 2.19 bits per heavy atom. The SMILES string of the molecule is Cn1cc(C(N)C2CC2)c2ccc(Cl)cc21. The Labute approximate surface area is 100.0 Å². The second-order valence-electron chi connectivity index (χ2n) is 4.72. The maximum Gasteiger partial charge on any atom is 0.0496 e. The van der Waals surface area contributed by atoms with Crippen LogP contribution in [0.3, 0.4) is 0 Å². The summed E-state index contributed by atoms with van der Waals surface area (Å²) in [6, 6.07) is 6.20. The second kappa shape index (κ2) is 3.51. The fraction of sp³-hybridized carbons (Fsp3) is 0.385. The number of nitrogens with two attached hydrogens (primary N) is 1. The van der Waals surface area contributed by atoms with E-state index in [4.69, 9.17) is 17.3 Å². The molecule has 1 aromatic heterocycles. The highest BCUT2D eigenvalue weighted by Gasteiger charge is 2.31. The molecule has 1 fully saturated rings. The highest BCUT2D eigenvalue weighted by atomic mass is 35.5. The van der Waals surface area contributed by atoms with Gasteiger partial charge in [0.15, 0.2) is 0 Å². The van der Waals surface area contributed by atoms with Crippen molar-refractivity contribution in [1.82, 2.24) is 4.57 Å². The summed E-state index contributed by atoms with van der Waals surface area (Å²) in [7, 11) is 2.04. The summed E-state index contributed by atoms with van der Waals surface area (Å²) in [5.74, 6) is 0.682. The van der Waals surface area contributed by atoms with E-state index in [0.29, 0.717) is 5.92 Å². The summed E-state index contributed by atoms with van der Waals surface area (Å²) in [4.78, 5) is 0. The second-order valence-corrected chi connectivity index (χ2v) is 5.16. The minimum Gasteiger partial charge on any atom is -0.350 e. The van der Waals surface area contributed by atoms with Gasteiger partial charge in [-0.25, -0.2) is 0 Å². The fourth-order valence-electron chi connectivity index (χ4n) is 2.36. The monoisotopic (exact) mass is 234 g/mol. The topological polar surface area (TPSA) is 30.9 Å². The maximum atomic E-state index is 6.27. The van der Waals surface area contributed by atoms with Gasteiger partial charge in [0.05, 0.1) is 0 Å². The number of aromatic nitrogens is 1. The van der Waals surface area contributed by atoms with Crippen LogP contribution < -0.4 is 5.73 Å². The van der Waals surface area contributed by atoms with Crippen LogP contribution in [0.1, 0.15) is 24.4 Å². The lowest BCUT2D eigenvalue weighted by molar-refractivity contribution is 0.636. The van der Waals surface area contributed by atoms with E-state index < -0.39 is 0 Å². The van der Waals surface area contributed by atoms with Gasteiger partial charge in [0.2, 0.25) is 0 Å². The van der Waals surface area contributed by atoms with Crippen LogP contribution >= 0.6 is 11.6 Å². The molecular weight excluding hydrogens is 220 g/mol. The lowest BCUT2D eigenvalue weighted by atomic mass is 10.0. The normalized spacial score (nSPS) is 17.9. The zero-order valence-electron chi connectivity index (χ0n) is 9.28. The van der Waals surface area contributed by atoms with Crippen LogP contribution in [0.2, 0.25) is 5.02 Å². The molecule has 1 aromatic carbocycles. The quantitative estimate of drug-likeness (QED) is 0.850. The Hall–Kier alpha value is -0.990. The molecule has 0 radical (unpaired) electrons. The van der Waals surface area contributed by atoms with Crippen molar-refractivity contribution in [3.05, 3.63) is 35.0 Å². The molecule has 1 aliphatic carbocycles. The van der Waals surface area contributed by atoms with Crippen LogP contribution in [0.15, 0.2) is 24.4 Å². The molecule has 1 heterocycles. The van der Waals surface area contributed by atoms with Gasteiger partial charge in [-0.2, -0.15) is 0 Å². The summed E-state index contributed by atoms with van der Waals surface area (Å²) in [6.45, 7) is 0. The van der Waals surface area contributed by atoms with Crippen molar-refractivity contribution in [3.63, 3.8) is 0 Å². The van der Waals surface area contributed by atoms with Crippen LogP contribution in [0.4, 0.5) is 0 Å². The summed E-state index contributed by atoms with van der Waals surface area (Å²) >= 11 is 6.01. The van der Waals surface area contributed by atoms with Crippen LogP contribution in [0.25, 0.3) is 10.9 Å². The first-order valence-electron chi connectivity index (χ1n) is 5.67. The number of benzene rings is 1. The van der Waals surface area contributed by atoms with Crippen molar-refractivity contribution in [1.29, 1.82) is 0 Å². The molecule has 2 aromatic rings. The van der Waals surface area contributed by atoms with Crippen LogP contribution in [-0.2, 0) is 7.05 Å². The van der Waals surface area contributed by atoms with Crippen molar-refractivity contribution in [2.45, 2.75) is 18.9 Å². The third-order valence-corrected chi connectivity index (χ3v) is 3.71. The Kier molecular flexibility index (Phi) is 2.23. The molecule has 0 spiro atoms. The molecule has 0 saturated heterocycles. The number of hydrogen-bond acceptors (Lipinski definition) is 1. The molecule has 1 aliphatic rings. The molecule has 84 valence electrons.